The molecular weight excluding hydrogens is 370 g/mol. The molecule has 27 heavy (non-hydrogen) atoms. The number of carbonyl (C=O) groups is 4. The molecule has 0 radical (unpaired) electrons. The van der Waals surface area contributed by atoms with Crippen molar-refractivity contribution >= 4 is 38.8 Å². The average Bonchev–Trinajstić information content (AvgIpc) is 2.51. The minimum absolute atomic E-state index is 0.190. The number of ketones is 3. The van der Waals surface area contributed by atoms with E-state index in [1.54, 1.807) is 24.3 Å². The van der Waals surface area contributed by atoms with Crippen LogP contribution in [0.3, 0.4) is 0 Å². The highest BCUT2D eigenvalue weighted by atomic mass is 32.2. The molecule has 1 aromatic rings. The first-order valence-corrected chi connectivity index (χ1v) is 10.2. The van der Waals surface area contributed by atoms with Crippen LogP contribution >= 0.6 is 0 Å². The van der Waals surface area contributed by atoms with Crippen LogP contribution in [0.1, 0.15) is 46.1 Å². The van der Waals surface area contributed by atoms with Gasteiger partial charge in [-0.1, -0.05) is 12.1 Å². The van der Waals surface area contributed by atoms with Crippen molar-refractivity contribution in [3.63, 3.8) is 0 Å². The van der Waals surface area contributed by atoms with Crippen molar-refractivity contribution in [1.29, 1.82) is 0 Å². The van der Waals surface area contributed by atoms with E-state index < -0.39 is 37.8 Å². The Morgan fingerprint density at radius 1 is 0.963 bits per heavy atom. The summed E-state index contributed by atoms with van der Waals surface area (Å²) in [7, 11) is -3.89. The van der Waals surface area contributed by atoms with Gasteiger partial charge in [-0.25, -0.2) is 8.42 Å². The van der Waals surface area contributed by atoms with Crippen molar-refractivity contribution in [3.8, 4) is 0 Å². The molecule has 1 rings (SSSR count). The topological polar surface area (TPSA) is 114 Å². The molecule has 0 aliphatic rings. The largest absolute Gasteiger partial charge is 0.326 e. The molecule has 1 atom stereocenters. The van der Waals surface area contributed by atoms with Gasteiger partial charge in [0.25, 0.3) is 0 Å². The van der Waals surface area contributed by atoms with E-state index in [1.165, 1.54) is 13.8 Å². The molecule has 1 aromatic carbocycles. The maximum Gasteiger partial charge on any atom is 0.231 e. The Morgan fingerprint density at radius 3 is 1.93 bits per heavy atom. The summed E-state index contributed by atoms with van der Waals surface area (Å²) < 4.78 is 25.0. The van der Waals surface area contributed by atoms with E-state index in [2.05, 4.69) is 5.32 Å². The van der Waals surface area contributed by atoms with Gasteiger partial charge in [0, 0.05) is 5.69 Å². The number of hydrogen-bond donors (Lipinski definition) is 1. The fourth-order valence-electron chi connectivity index (χ4n) is 2.70. The van der Waals surface area contributed by atoms with Gasteiger partial charge in [0.1, 0.15) is 5.78 Å². The van der Waals surface area contributed by atoms with Crippen LogP contribution in [0.4, 0.5) is 5.69 Å². The third-order valence-electron chi connectivity index (χ3n) is 4.11. The van der Waals surface area contributed by atoms with Crippen molar-refractivity contribution in [2.45, 2.75) is 57.5 Å². The number of carbonyl (C=O) groups excluding carboxylic acids is 4. The van der Waals surface area contributed by atoms with Crippen molar-refractivity contribution in [2.75, 3.05) is 5.32 Å². The molecule has 0 saturated carbocycles. The second-order valence-electron chi connectivity index (χ2n) is 6.66. The fourth-order valence-corrected chi connectivity index (χ4v) is 4.54. The molecule has 148 valence electrons. The molecule has 1 unspecified atom stereocenters. The number of sulfone groups is 1. The first-order chi connectivity index (χ1) is 12.4. The summed E-state index contributed by atoms with van der Waals surface area (Å²) in [6.45, 7) is 5.04. The number of aryl methyl sites for hydroxylation is 1. The zero-order valence-electron chi connectivity index (χ0n) is 15.9. The van der Waals surface area contributed by atoms with Crippen LogP contribution in [0.15, 0.2) is 24.3 Å². The minimum atomic E-state index is -3.89. The van der Waals surface area contributed by atoms with Crippen LogP contribution in [-0.2, 0) is 35.4 Å². The third-order valence-corrected chi connectivity index (χ3v) is 6.79. The van der Waals surface area contributed by atoms with Gasteiger partial charge in [0.05, 0.1) is 11.7 Å². The summed E-state index contributed by atoms with van der Waals surface area (Å²) in [6, 6.07) is 6.83. The Bertz CT molecular complexity index is 812. The highest BCUT2D eigenvalue weighted by molar-refractivity contribution is 7.94. The molecule has 0 aromatic heterocycles. The molecule has 0 saturated heterocycles. The first-order valence-electron chi connectivity index (χ1n) is 8.57. The van der Waals surface area contributed by atoms with Crippen LogP contribution in [0.2, 0.25) is 0 Å². The number of benzene rings is 1. The lowest BCUT2D eigenvalue weighted by Gasteiger charge is -2.18. The zero-order valence-corrected chi connectivity index (χ0v) is 16.8. The van der Waals surface area contributed by atoms with Crippen LogP contribution in [0, 0.1) is 0 Å². The number of Topliss-reactive ketones (excluding diaryl/α,β-unsaturated/α-hetero) is 3. The predicted octanol–water partition coefficient (Wildman–Crippen LogP) is 1.89. The average molecular weight is 395 g/mol. The van der Waals surface area contributed by atoms with Crippen molar-refractivity contribution in [1.82, 2.24) is 0 Å². The molecule has 8 heteroatoms. The Morgan fingerprint density at radius 2 is 1.48 bits per heavy atom. The highest BCUT2D eigenvalue weighted by Gasteiger charge is 2.37. The lowest BCUT2D eigenvalue weighted by Crippen LogP contribution is -2.40. The van der Waals surface area contributed by atoms with Crippen molar-refractivity contribution in [2.24, 2.45) is 0 Å². The second kappa shape index (κ2) is 9.55. The molecule has 0 spiro atoms. The standard InChI is InChI=1S/C19H25NO6S/c1-12(21)11-18(24)20-17-9-7-16(8-10-17)6-5-13(2)27(25,26)19(14(3)22)15(4)23/h7-10,13,19H,5-6,11H2,1-4H3,(H,20,24). The summed E-state index contributed by atoms with van der Waals surface area (Å²) in [5.41, 5.74) is 1.39. The lowest BCUT2D eigenvalue weighted by molar-refractivity contribution is -0.125. The van der Waals surface area contributed by atoms with Crippen molar-refractivity contribution < 1.29 is 27.6 Å². The predicted molar refractivity (Wildman–Crippen MR) is 102 cm³/mol. The molecule has 7 nitrogen and oxygen atoms in total. The van der Waals surface area contributed by atoms with Crippen LogP contribution in [-0.4, -0.2) is 42.2 Å². The molecule has 0 bridgehead atoms. The Kier molecular flexibility index (Phi) is 8.02. The summed E-state index contributed by atoms with van der Waals surface area (Å²) in [6.07, 6.45) is 0.505. The normalized spacial score (nSPS) is 12.5. The number of hydrogen-bond acceptors (Lipinski definition) is 6. The van der Waals surface area contributed by atoms with Gasteiger partial charge in [0.2, 0.25) is 5.91 Å². The number of rotatable bonds is 10. The van der Waals surface area contributed by atoms with E-state index >= 15 is 0 Å². The van der Waals surface area contributed by atoms with E-state index in [0.717, 1.165) is 19.4 Å². The van der Waals surface area contributed by atoms with E-state index in [9.17, 15) is 27.6 Å². The zero-order chi connectivity index (χ0) is 20.8. The van der Waals surface area contributed by atoms with E-state index in [1.807, 2.05) is 0 Å². The number of nitrogens with one attached hydrogen (secondary N) is 1. The van der Waals surface area contributed by atoms with Crippen LogP contribution in [0.5, 0.6) is 0 Å². The van der Waals surface area contributed by atoms with Crippen LogP contribution < -0.4 is 5.32 Å². The number of anilines is 1. The van der Waals surface area contributed by atoms with Gasteiger partial charge in [-0.2, -0.15) is 0 Å². The van der Waals surface area contributed by atoms with Gasteiger partial charge in [0.15, 0.2) is 26.7 Å². The smallest absolute Gasteiger partial charge is 0.231 e. The molecule has 0 heterocycles. The van der Waals surface area contributed by atoms with Gasteiger partial charge >= 0.3 is 0 Å². The molecule has 0 aliphatic carbocycles. The number of amides is 1. The fraction of sp³-hybridized carbons (Fsp3) is 0.474. The monoisotopic (exact) mass is 395 g/mol. The maximum atomic E-state index is 12.5. The minimum Gasteiger partial charge on any atom is -0.326 e. The molecule has 0 fully saturated rings. The Labute approximate surface area is 159 Å². The lowest BCUT2D eigenvalue weighted by atomic mass is 10.1. The third kappa shape index (κ3) is 6.71. The van der Waals surface area contributed by atoms with E-state index in [4.69, 9.17) is 0 Å². The van der Waals surface area contributed by atoms with E-state index in [0.29, 0.717) is 12.1 Å². The second-order valence-corrected chi connectivity index (χ2v) is 9.12. The molecule has 0 aliphatic heterocycles. The quantitative estimate of drug-likeness (QED) is 0.605. The molecule has 1 N–H and O–H groups in total. The maximum absolute atomic E-state index is 12.5. The molecule has 1 amide bonds. The SMILES string of the molecule is CC(=O)CC(=O)Nc1ccc(CCC(C)S(=O)(=O)C(C(C)=O)C(C)=O)cc1. The summed E-state index contributed by atoms with van der Waals surface area (Å²) in [5, 5.41) is 0.151. The van der Waals surface area contributed by atoms with Crippen molar-refractivity contribution in [3.05, 3.63) is 29.8 Å². The highest BCUT2D eigenvalue weighted by Crippen LogP contribution is 2.18. The Balaban J connectivity index is 2.72. The van der Waals surface area contributed by atoms with Gasteiger partial charge in [-0.3, -0.25) is 19.2 Å². The molecular formula is C19H25NO6S. The van der Waals surface area contributed by atoms with Gasteiger partial charge < -0.3 is 5.32 Å². The first kappa shape index (κ1) is 22.7. The summed E-state index contributed by atoms with van der Waals surface area (Å²) >= 11 is 0. The summed E-state index contributed by atoms with van der Waals surface area (Å²) in [4.78, 5) is 45.6. The van der Waals surface area contributed by atoms with Gasteiger partial charge in [-0.05, 0) is 58.2 Å². The Hall–Kier alpha value is -2.35. The van der Waals surface area contributed by atoms with Gasteiger partial charge in [-0.15, -0.1) is 0 Å². The summed E-state index contributed by atoms with van der Waals surface area (Å²) in [5.74, 6) is -1.96. The van der Waals surface area contributed by atoms with E-state index in [-0.39, 0.29) is 18.6 Å². The van der Waals surface area contributed by atoms with Crippen LogP contribution in [0.25, 0.3) is 0 Å².